The van der Waals surface area contributed by atoms with Crippen LogP contribution in [0, 0.1) is 5.21 Å². The molecule has 0 spiro atoms. The molecule has 0 atom stereocenters. The summed E-state index contributed by atoms with van der Waals surface area (Å²) < 4.78 is 0.791. The Morgan fingerprint density at radius 3 is 2.29 bits per heavy atom. The average Bonchev–Trinajstić information content (AvgIpc) is 2.35. The summed E-state index contributed by atoms with van der Waals surface area (Å²) in [6.07, 6.45) is 1.46. The maximum atomic E-state index is 11.8. The topological polar surface area (TPSA) is 26.1 Å². The van der Waals surface area contributed by atoms with Crippen molar-refractivity contribution in [3.8, 4) is 0 Å². The summed E-state index contributed by atoms with van der Waals surface area (Å²) in [5.74, 6) is 0. The minimum Gasteiger partial charge on any atom is -0.618 e. The normalized spacial score (nSPS) is 11.5. The van der Waals surface area contributed by atoms with E-state index in [1.54, 1.807) is 30.3 Å². The molecular weight excluding hydrogens is 257 g/mol. The van der Waals surface area contributed by atoms with Gasteiger partial charge in [-0.1, -0.05) is 41.4 Å². The molecule has 0 aliphatic carbocycles. The van der Waals surface area contributed by atoms with Crippen LogP contribution in [0.3, 0.4) is 0 Å². The molecule has 2 nitrogen and oxygen atoms in total. The largest absolute Gasteiger partial charge is 0.618 e. The molecule has 2 rings (SSSR count). The first-order valence-corrected chi connectivity index (χ1v) is 5.74. The van der Waals surface area contributed by atoms with Crippen LogP contribution in [-0.2, 0) is 0 Å². The van der Waals surface area contributed by atoms with Gasteiger partial charge in [0, 0.05) is 17.7 Å². The van der Waals surface area contributed by atoms with Gasteiger partial charge in [-0.2, -0.15) is 4.74 Å². The molecule has 0 unspecified atom stereocenters. The molecule has 0 aliphatic rings. The van der Waals surface area contributed by atoms with Crippen LogP contribution in [0.1, 0.15) is 5.56 Å². The van der Waals surface area contributed by atoms with E-state index in [1.165, 1.54) is 6.21 Å². The molecule has 2 aromatic rings. The molecule has 0 heterocycles. The van der Waals surface area contributed by atoms with Gasteiger partial charge in [-0.15, -0.1) is 0 Å². The summed E-state index contributed by atoms with van der Waals surface area (Å²) in [6.45, 7) is 0. The number of rotatable bonds is 2. The molecule has 0 radical (unpaired) electrons. The van der Waals surface area contributed by atoms with Crippen LogP contribution in [0.2, 0.25) is 10.0 Å². The SMILES string of the molecule is [O-][N+](=Cc1ccc(Cl)c(Cl)c1)c1ccccc1. The van der Waals surface area contributed by atoms with Crippen LogP contribution >= 0.6 is 23.2 Å². The van der Waals surface area contributed by atoms with Crippen molar-refractivity contribution >= 4 is 35.1 Å². The highest BCUT2D eigenvalue weighted by Crippen LogP contribution is 2.22. The maximum Gasteiger partial charge on any atom is 0.216 e. The Balaban J connectivity index is 2.33. The lowest BCUT2D eigenvalue weighted by atomic mass is 10.2. The zero-order chi connectivity index (χ0) is 12.3. The first-order valence-electron chi connectivity index (χ1n) is 4.98. The van der Waals surface area contributed by atoms with E-state index in [-0.39, 0.29) is 0 Å². The highest BCUT2D eigenvalue weighted by Gasteiger charge is 2.02. The van der Waals surface area contributed by atoms with Crippen LogP contribution in [0.4, 0.5) is 5.69 Å². The second kappa shape index (κ2) is 5.21. The fourth-order valence-corrected chi connectivity index (χ4v) is 1.68. The molecular formula is C13H9Cl2NO. The Labute approximate surface area is 109 Å². The van der Waals surface area contributed by atoms with Crippen molar-refractivity contribution in [1.29, 1.82) is 0 Å². The van der Waals surface area contributed by atoms with Gasteiger partial charge in [0.25, 0.3) is 0 Å². The Morgan fingerprint density at radius 1 is 0.941 bits per heavy atom. The van der Waals surface area contributed by atoms with Crippen molar-refractivity contribution in [2.45, 2.75) is 0 Å². The molecule has 2 aromatic carbocycles. The quantitative estimate of drug-likeness (QED) is 0.345. The predicted molar refractivity (Wildman–Crippen MR) is 71.4 cm³/mol. The number of nitrogens with zero attached hydrogens (tertiary/aromatic N) is 1. The lowest BCUT2D eigenvalue weighted by molar-refractivity contribution is -0.354. The van der Waals surface area contributed by atoms with Gasteiger partial charge in [-0.05, 0) is 18.2 Å². The van der Waals surface area contributed by atoms with Gasteiger partial charge in [0.1, 0.15) is 0 Å². The van der Waals surface area contributed by atoms with E-state index in [0.29, 0.717) is 21.3 Å². The van der Waals surface area contributed by atoms with Crippen LogP contribution in [0.5, 0.6) is 0 Å². The van der Waals surface area contributed by atoms with Crippen LogP contribution in [-0.4, -0.2) is 11.0 Å². The third-order valence-electron chi connectivity index (χ3n) is 2.22. The fraction of sp³-hybridized carbons (Fsp3) is 0. The van der Waals surface area contributed by atoms with E-state index >= 15 is 0 Å². The number of halogens is 2. The standard InChI is InChI=1S/C13H9Cl2NO/c14-12-7-6-10(8-13(12)15)9-16(17)11-4-2-1-3-5-11/h1-9H. The molecule has 0 saturated heterocycles. The van der Waals surface area contributed by atoms with E-state index in [2.05, 4.69) is 0 Å². The van der Waals surface area contributed by atoms with E-state index < -0.39 is 0 Å². The van der Waals surface area contributed by atoms with Gasteiger partial charge >= 0.3 is 0 Å². The third kappa shape index (κ3) is 2.99. The second-order valence-electron chi connectivity index (χ2n) is 3.46. The summed E-state index contributed by atoms with van der Waals surface area (Å²) in [5.41, 5.74) is 1.27. The highest BCUT2D eigenvalue weighted by atomic mass is 35.5. The van der Waals surface area contributed by atoms with E-state index in [4.69, 9.17) is 23.2 Å². The Bertz CT molecular complexity index is 553. The molecule has 0 aliphatic heterocycles. The van der Waals surface area contributed by atoms with Crippen molar-refractivity contribution in [3.05, 3.63) is 69.3 Å². The minimum atomic E-state index is 0.432. The molecule has 0 aromatic heterocycles. The van der Waals surface area contributed by atoms with Gasteiger partial charge in [0.05, 0.1) is 10.0 Å². The van der Waals surface area contributed by atoms with Crippen molar-refractivity contribution in [2.75, 3.05) is 0 Å². The lowest BCUT2D eigenvalue weighted by Crippen LogP contribution is -1.98. The van der Waals surface area contributed by atoms with Crippen LogP contribution in [0.25, 0.3) is 0 Å². The summed E-state index contributed by atoms with van der Waals surface area (Å²) >= 11 is 11.7. The van der Waals surface area contributed by atoms with E-state index in [1.807, 2.05) is 18.2 Å². The Morgan fingerprint density at radius 2 is 1.65 bits per heavy atom. The van der Waals surface area contributed by atoms with Gasteiger partial charge < -0.3 is 5.21 Å². The van der Waals surface area contributed by atoms with E-state index in [9.17, 15) is 5.21 Å². The monoisotopic (exact) mass is 265 g/mol. The smallest absolute Gasteiger partial charge is 0.216 e. The predicted octanol–water partition coefficient (Wildman–Crippen LogP) is 4.25. The molecule has 4 heteroatoms. The summed E-state index contributed by atoms with van der Waals surface area (Å²) in [6, 6.07) is 14.0. The van der Waals surface area contributed by atoms with Gasteiger partial charge in [0.2, 0.25) is 5.69 Å². The number of hydrogen-bond donors (Lipinski definition) is 0. The van der Waals surface area contributed by atoms with Gasteiger partial charge in [-0.25, -0.2) is 0 Å². The molecule has 0 fully saturated rings. The fourth-order valence-electron chi connectivity index (χ4n) is 1.38. The highest BCUT2D eigenvalue weighted by molar-refractivity contribution is 6.42. The molecule has 0 amide bonds. The summed E-state index contributed by atoms with van der Waals surface area (Å²) in [4.78, 5) is 0. The van der Waals surface area contributed by atoms with Crippen LogP contribution < -0.4 is 0 Å². The first-order chi connectivity index (χ1) is 8.16. The number of hydrogen-bond acceptors (Lipinski definition) is 1. The zero-order valence-corrected chi connectivity index (χ0v) is 10.3. The zero-order valence-electron chi connectivity index (χ0n) is 8.81. The maximum absolute atomic E-state index is 11.8. The molecule has 0 bridgehead atoms. The molecule has 0 saturated carbocycles. The second-order valence-corrected chi connectivity index (χ2v) is 4.28. The van der Waals surface area contributed by atoms with Crippen molar-refractivity contribution in [2.24, 2.45) is 0 Å². The lowest BCUT2D eigenvalue weighted by Gasteiger charge is -2.03. The van der Waals surface area contributed by atoms with Crippen LogP contribution in [0.15, 0.2) is 48.5 Å². The molecule has 0 N–H and O–H groups in total. The minimum absolute atomic E-state index is 0.432. The Hall–Kier alpha value is -1.51. The summed E-state index contributed by atoms with van der Waals surface area (Å²) in [5, 5.41) is 12.7. The summed E-state index contributed by atoms with van der Waals surface area (Å²) in [7, 11) is 0. The van der Waals surface area contributed by atoms with Crippen molar-refractivity contribution in [3.63, 3.8) is 0 Å². The number of benzene rings is 2. The van der Waals surface area contributed by atoms with Gasteiger partial charge in [-0.3, -0.25) is 0 Å². The first kappa shape index (κ1) is 12.0. The van der Waals surface area contributed by atoms with Crippen molar-refractivity contribution < 1.29 is 4.74 Å². The van der Waals surface area contributed by atoms with Gasteiger partial charge in [0.15, 0.2) is 6.21 Å². The average molecular weight is 266 g/mol. The Kier molecular flexibility index (Phi) is 3.67. The molecule has 86 valence electrons. The van der Waals surface area contributed by atoms with E-state index in [0.717, 1.165) is 4.74 Å². The van der Waals surface area contributed by atoms with Crippen molar-refractivity contribution in [1.82, 2.24) is 0 Å². The third-order valence-corrected chi connectivity index (χ3v) is 2.96. The number of para-hydroxylation sites is 1. The molecule has 17 heavy (non-hydrogen) atoms.